The summed E-state index contributed by atoms with van der Waals surface area (Å²) in [5.74, 6) is -5.26. The molecule has 0 spiro atoms. The molecule has 9 N–H and O–H groups in total. The number of hydrogen-bond donors (Lipinski definition) is 8. The third-order valence-electron chi connectivity index (χ3n) is 5.54. The van der Waals surface area contributed by atoms with Crippen LogP contribution in [0.25, 0.3) is 10.9 Å². The lowest BCUT2D eigenvalue weighted by atomic mass is 10.0. The highest BCUT2D eigenvalue weighted by molar-refractivity contribution is 5.95. The topological polar surface area (TPSA) is 232 Å². The number of imidazole rings is 1. The van der Waals surface area contributed by atoms with Crippen molar-refractivity contribution >= 4 is 40.6 Å². The van der Waals surface area contributed by atoms with Crippen molar-refractivity contribution in [2.24, 2.45) is 5.73 Å². The van der Waals surface area contributed by atoms with Gasteiger partial charge in [0.2, 0.25) is 17.7 Å². The number of H-pyrrole nitrogens is 2. The zero-order valence-electron chi connectivity index (χ0n) is 19.6. The number of para-hydroxylation sites is 1. The number of aromatic nitrogens is 3. The van der Waals surface area contributed by atoms with Crippen LogP contribution in [0.1, 0.15) is 17.7 Å². The van der Waals surface area contributed by atoms with Gasteiger partial charge in [0, 0.05) is 41.8 Å². The van der Waals surface area contributed by atoms with Crippen molar-refractivity contribution in [3.05, 3.63) is 54.2 Å². The Kier molecular flexibility index (Phi) is 8.94. The average Bonchev–Trinajstić information content (AvgIpc) is 3.52. The van der Waals surface area contributed by atoms with Gasteiger partial charge in [-0.2, -0.15) is 0 Å². The fourth-order valence-electron chi connectivity index (χ4n) is 3.73. The van der Waals surface area contributed by atoms with Gasteiger partial charge in [-0.05, 0) is 11.6 Å². The number of benzene rings is 1. The largest absolute Gasteiger partial charge is 0.481 e. The third kappa shape index (κ3) is 7.38. The Morgan fingerprint density at radius 2 is 1.62 bits per heavy atom. The minimum atomic E-state index is -1.62. The van der Waals surface area contributed by atoms with E-state index < -0.39 is 60.8 Å². The van der Waals surface area contributed by atoms with Gasteiger partial charge in [-0.1, -0.05) is 18.2 Å². The van der Waals surface area contributed by atoms with Crippen LogP contribution in [0, 0.1) is 0 Å². The Morgan fingerprint density at radius 3 is 2.27 bits per heavy atom. The Labute approximate surface area is 210 Å². The highest BCUT2D eigenvalue weighted by atomic mass is 16.4. The number of fused-ring (bicyclic) bond motifs is 1. The number of aromatic amines is 2. The van der Waals surface area contributed by atoms with Gasteiger partial charge in [-0.25, -0.2) is 9.78 Å². The maximum atomic E-state index is 13.0. The number of amides is 3. The minimum absolute atomic E-state index is 0.0443. The van der Waals surface area contributed by atoms with E-state index in [1.807, 2.05) is 12.1 Å². The first-order chi connectivity index (χ1) is 17.7. The van der Waals surface area contributed by atoms with E-state index in [1.54, 1.807) is 18.3 Å². The van der Waals surface area contributed by atoms with Crippen molar-refractivity contribution < 1.29 is 34.2 Å². The molecule has 2 aromatic heterocycles. The Balaban J connectivity index is 1.75. The van der Waals surface area contributed by atoms with Gasteiger partial charge < -0.3 is 41.9 Å². The monoisotopic (exact) mass is 513 g/mol. The fraction of sp³-hybridized carbons (Fsp3) is 0.304. The van der Waals surface area contributed by atoms with Crippen LogP contribution in [0.3, 0.4) is 0 Å². The van der Waals surface area contributed by atoms with Gasteiger partial charge in [-0.3, -0.25) is 19.2 Å². The summed E-state index contributed by atoms with van der Waals surface area (Å²) in [4.78, 5) is 70.7. The van der Waals surface area contributed by atoms with E-state index in [1.165, 1.54) is 12.5 Å². The van der Waals surface area contributed by atoms with Gasteiger partial charge >= 0.3 is 11.9 Å². The first kappa shape index (κ1) is 26.9. The molecule has 1 aromatic carbocycles. The van der Waals surface area contributed by atoms with Gasteiger partial charge in [0.1, 0.15) is 18.1 Å². The predicted molar refractivity (Wildman–Crippen MR) is 129 cm³/mol. The van der Waals surface area contributed by atoms with Crippen LogP contribution in [-0.2, 0) is 36.8 Å². The Morgan fingerprint density at radius 1 is 0.919 bits per heavy atom. The van der Waals surface area contributed by atoms with Crippen molar-refractivity contribution in [1.29, 1.82) is 0 Å². The minimum Gasteiger partial charge on any atom is -0.481 e. The summed E-state index contributed by atoms with van der Waals surface area (Å²) in [6.07, 6.45) is 3.47. The molecule has 0 aliphatic heterocycles. The second-order valence-electron chi connectivity index (χ2n) is 8.23. The number of carbonyl (C=O) groups is 5. The molecule has 3 atom stereocenters. The molecule has 0 bridgehead atoms. The summed E-state index contributed by atoms with van der Waals surface area (Å²) in [5, 5.41) is 26.8. The summed E-state index contributed by atoms with van der Waals surface area (Å²) in [7, 11) is 0. The van der Waals surface area contributed by atoms with Crippen molar-refractivity contribution in [2.45, 2.75) is 37.4 Å². The summed E-state index contributed by atoms with van der Waals surface area (Å²) in [5.41, 5.74) is 7.22. The zero-order valence-corrected chi connectivity index (χ0v) is 19.6. The molecular weight excluding hydrogens is 486 g/mol. The Hall–Kier alpha value is -4.72. The van der Waals surface area contributed by atoms with Crippen LogP contribution in [0.2, 0.25) is 0 Å². The summed E-state index contributed by atoms with van der Waals surface area (Å²) in [6.45, 7) is -0.403. The molecule has 0 saturated carbocycles. The van der Waals surface area contributed by atoms with Crippen molar-refractivity contribution in [2.75, 3.05) is 6.54 Å². The maximum absolute atomic E-state index is 13.0. The van der Waals surface area contributed by atoms with Crippen molar-refractivity contribution in [3.63, 3.8) is 0 Å². The van der Waals surface area contributed by atoms with E-state index in [2.05, 4.69) is 30.9 Å². The molecule has 0 saturated heterocycles. The molecule has 0 radical (unpaired) electrons. The zero-order chi connectivity index (χ0) is 26.9. The fourth-order valence-corrected chi connectivity index (χ4v) is 3.73. The number of nitrogens with zero attached hydrogens (tertiary/aromatic N) is 1. The molecule has 3 rings (SSSR count). The van der Waals surface area contributed by atoms with Crippen LogP contribution in [0.5, 0.6) is 0 Å². The molecule has 14 heteroatoms. The third-order valence-corrected chi connectivity index (χ3v) is 5.54. The number of nitrogens with one attached hydrogen (secondary N) is 5. The molecule has 3 amide bonds. The molecule has 0 aliphatic carbocycles. The lowest BCUT2D eigenvalue weighted by molar-refractivity contribution is -0.143. The summed E-state index contributed by atoms with van der Waals surface area (Å²) in [6, 6.07) is 2.98. The molecule has 196 valence electrons. The Bertz CT molecular complexity index is 1270. The lowest BCUT2D eigenvalue weighted by Crippen LogP contribution is -2.57. The molecule has 0 aliphatic rings. The van der Waals surface area contributed by atoms with Crippen molar-refractivity contribution in [3.8, 4) is 0 Å². The van der Waals surface area contributed by atoms with E-state index in [4.69, 9.17) is 5.73 Å². The van der Waals surface area contributed by atoms with E-state index in [0.29, 0.717) is 11.3 Å². The number of rotatable bonds is 13. The van der Waals surface area contributed by atoms with Crippen LogP contribution in [0.4, 0.5) is 0 Å². The number of carboxylic acids is 2. The summed E-state index contributed by atoms with van der Waals surface area (Å²) < 4.78 is 0. The highest BCUT2D eigenvalue weighted by Crippen LogP contribution is 2.19. The lowest BCUT2D eigenvalue weighted by Gasteiger charge is -2.23. The SMILES string of the molecule is NCC(=O)NC(Cc1cnc[nH]1)C(=O)NC(CC(=O)O)C(=O)NC(Cc1c[nH]c2ccccc12)C(=O)O. The second-order valence-corrected chi connectivity index (χ2v) is 8.23. The number of carbonyl (C=O) groups excluding carboxylic acids is 3. The van der Waals surface area contributed by atoms with Gasteiger partial charge in [0.05, 0.1) is 19.3 Å². The van der Waals surface area contributed by atoms with Crippen molar-refractivity contribution in [1.82, 2.24) is 30.9 Å². The molecule has 37 heavy (non-hydrogen) atoms. The normalized spacial score (nSPS) is 13.3. The number of aliphatic carboxylic acids is 2. The molecule has 14 nitrogen and oxygen atoms in total. The smallest absolute Gasteiger partial charge is 0.326 e. The molecule has 3 unspecified atom stereocenters. The van der Waals surface area contributed by atoms with Crippen LogP contribution in [-0.4, -0.2) is 79.5 Å². The molecule has 0 fully saturated rings. The molecular formula is C23H27N7O7. The first-order valence-electron chi connectivity index (χ1n) is 11.2. The van der Waals surface area contributed by atoms with E-state index in [0.717, 1.165) is 10.9 Å². The van der Waals surface area contributed by atoms with Crippen LogP contribution in [0.15, 0.2) is 43.0 Å². The van der Waals surface area contributed by atoms with Gasteiger partial charge in [-0.15, -0.1) is 0 Å². The second kappa shape index (κ2) is 12.3. The van der Waals surface area contributed by atoms with Gasteiger partial charge in [0.15, 0.2) is 0 Å². The molecule has 3 aromatic rings. The first-order valence-corrected chi connectivity index (χ1v) is 11.2. The highest BCUT2D eigenvalue weighted by Gasteiger charge is 2.31. The average molecular weight is 514 g/mol. The quantitative estimate of drug-likeness (QED) is 0.135. The standard InChI is InChI=1S/C23H27N7O7/c24-8-19(31)28-16(6-13-10-25-11-27-13)21(34)29-17(7-20(32)33)22(35)30-18(23(36)37)5-12-9-26-15-4-2-1-3-14(12)15/h1-4,9-11,16-18,26H,5-8,24H2,(H,25,27)(H,28,31)(H,29,34)(H,30,35)(H,32,33)(H,36,37). The van der Waals surface area contributed by atoms with E-state index >= 15 is 0 Å². The summed E-state index contributed by atoms with van der Waals surface area (Å²) >= 11 is 0. The van der Waals surface area contributed by atoms with Crippen LogP contribution < -0.4 is 21.7 Å². The molecule has 2 heterocycles. The van der Waals surface area contributed by atoms with E-state index in [-0.39, 0.29) is 12.8 Å². The van der Waals surface area contributed by atoms with Gasteiger partial charge in [0.25, 0.3) is 0 Å². The maximum Gasteiger partial charge on any atom is 0.326 e. The predicted octanol–water partition coefficient (Wildman–Crippen LogP) is -1.35. The number of hydrogen-bond acceptors (Lipinski definition) is 7. The van der Waals surface area contributed by atoms with E-state index in [9.17, 15) is 34.2 Å². The number of carboxylic acid groups (broad SMARTS) is 2. The number of nitrogens with two attached hydrogens (primary N) is 1. The van der Waals surface area contributed by atoms with Crippen LogP contribution >= 0.6 is 0 Å².